The number of aromatic amines is 1. The zero-order chi connectivity index (χ0) is 14.3. The van der Waals surface area contributed by atoms with Crippen LogP contribution in [0.1, 0.15) is 34.8 Å². The van der Waals surface area contributed by atoms with Crippen LogP contribution in [-0.4, -0.2) is 15.3 Å². The van der Waals surface area contributed by atoms with Crippen molar-refractivity contribution < 1.29 is 4.79 Å². The Morgan fingerprint density at radius 1 is 1.20 bits per heavy atom. The highest BCUT2D eigenvalue weighted by molar-refractivity contribution is 5.93. The summed E-state index contributed by atoms with van der Waals surface area (Å²) in [5, 5.41) is 0. The monoisotopic (exact) mass is 270 g/mol. The summed E-state index contributed by atoms with van der Waals surface area (Å²) >= 11 is 0. The number of H-pyrrole nitrogens is 1. The van der Waals surface area contributed by atoms with E-state index >= 15 is 0 Å². The van der Waals surface area contributed by atoms with E-state index in [0.29, 0.717) is 5.69 Å². The third kappa shape index (κ3) is 1.91. The number of hydrogen-bond acceptors (Lipinski definition) is 3. The van der Waals surface area contributed by atoms with Crippen LogP contribution in [0.15, 0.2) is 34.0 Å². The van der Waals surface area contributed by atoms with Gasteiger partial charge in [0.25, 0.3) is 5.56 Å². The second-order valence-electron chi connectivity index (χ2n) is 5.01. The van der Waals surface area contributed by atoms with Gasteiger partial charge in [-0.3, -0.25) is 9.59 Å². The number of nitrogens with one attached hydrogen (secondary N) is 1. The zero-order valence-electron chi connectivity index (χ0n) is 11.1. The summed E-state index contributed by atoms with van der Waals surface area (Å²) in [6.45, 7) is 1.31. The first-order valence-corrected chi connectivity index (χ1v) is 6.56. The number of nitrogens with zero attached hydrogens (tertiary/aromatic N) is 1. The fraction of sp³-hybridized carbons (Fsp3) is 0.267. The molecule has 0 atom stereocenters. The first-order valence-electron chi connectivity index (χ1n) is 6.56. The second kappa shape index (κ2) is 4.59. The summed E-state index contributed by atoms with van der Waals surface area (Å²) in [7, 11) is 0. The smallest absolute Gasteiger partial charge is 0.313 e. The van der Waals surface area contributed by atoms with E-state index in [1.54, 1.807) is 6.07 Å². The third-order valence-electron chi connectivity index (χ3n) is 3.70. The van der Waals surface area contributed by atoms with Crippen molar-refractivity contribution in [1.82, 2.24) is 9.55 Å². The molecule has 1 aliphatic carbocycles. The number of Topliss-reactive ketones (excluding diaryl/α,β-unsaturated/α-hetero) is 1. The Bertz CT molecular complexity index is 815. The van der Waals surface area contributed by atoms with E-state index in [0.717, 1.165) is 23.8 Å². The van der Waals surface area contributed by atoms with Crippen molar-refractivity contribution in [3.63, 3.8) is 0 Å². The van der Waals surface area contributed by atoms with Crippen LogP contribution in [0.5, 0.6) is 0 Å². The van der Waals surface area contributed by atoms with Gasteiger partial charge in [-0.15, -0.1) is 0 Å². The molecule has 0 aliphatic heterocycles. The number of aryl methyl sites for hydroxylation is 2. The van der Waals surface area contributed by atoms with Crippen molar-refractivity contribution in [2.45, 2.75) is 26.2 Å². The van der Waals surface area contributed by atoms with Crippen LogP contribution in [0.4, 0.5) is 0 Å². The molecule has 0 amide bonds. The summed E-state index contributed by atoms with van der Waals surface area (Å²) in [4.78, 5) is 38.0. The normalized spacial score (nSPS) is 13.2. The lowest BCUT2D eigenvalue weighted by atomic mass is 10.1. The third-order valence-corrected chi connectivity index (χ3v) is 3.70. The Labute approximate surface area is 114 Å². The summed E-state index contributed by atoms with van der Waals surface area (Å²) in [5.41, 5.74) is 1.84. The Kier molecular flexibility index (Phi) is 2.89. The Morgan fingerprint density at radius 3 is 2.70 bits per heavy atom. The van der Waals surface area contributed by atoms with Gasteiger partial charge < -0.3 is 4.98 Å². The van der Waals surface area contributed by atoms with Gasteiger partial charge in [-0.05, 0) is 49.4 Å². The Balaban J connectivity index is 2.25. The molecule has 102 valence electrons. The molecule has 5 nitrogen and oxygen atoms in total. The van der Waals surface area contributed by atoms with Crippen molar-refractivity contribution in [3.05, 3.63) is 61.9 Å². The zero-order valence-corrected chi connectivity index (χ0v) is 11.1. The van der Waals surface area contributed by atoms with Crippen LogP contribution in [-0.2, 0) is 12.8 Å². The standard InChI is InChI=1S/C15H14N2O3/c1-9(18)13-8-16-15(20)17(14(13)19)12-6-5-10-3-2-4-11(10)7-12/h5-8H,2-4H2,1H3,(H,16,20). The molecule has 0 saturated carbocycles. The van der Waals surface area contributed by atoms with Gasteiger partial charge in [-0.2, -0.15) is 0 Å². The van der Waals surface area contributed by atoms with Crippen LogP contribution in [0, 0.1) is 0 Å². The van der Waals surface area contributed by atoms with Gasteiger partial charge >= 0.3 is 5.69 Å². The number of rotatable bonds is 2. The Morgan fingerprint density at radius 2 is 1.95 bits per heavy atom. The van der Waals surface area contributed by atoms with Crippen LogP contribution in [0.2, 0.25) is 0 Å². The van der Waals surface area contributed by atoms with E-state index in [4.69, 9.17) is 0 Å². The van der Waals surface area contributed by atoms with Crippen LogP contribution < -0.4 is 11.2 Å². The molecule has 1 aromatic heterocycles. The second-order valence-corrected chi connectivity index (χ2v) is 5.01. The maximum atomic E-state index is 12.3. The number of fused-ring (bicyclic) bond motifs is 1. The van der Waals surface area contributed by atoms with Gasteiger partial charge in [-0.25, -0.2) is 9.36 Å². The number of aromatic nitrogens is 2. The molecular weight excluding hydrogens is 256 g/mol. The van der Waals surface area contributed by atoms with Crippen molar-refractivity contribution in [3.8, 4) is 5.69 Å². The highest BCUT2D eigenvalue weighted by Gasteiger charge is 2.15. The fourth-order valence-corrected chi connectivity index (χ4v) is 2.66. The average molecular weight is 270 g/mol. The molecule has 3 rings (SSSR count). The quantitative estimate of drug-likeness (QED) is 0.834. The highest BCUT2D eigenvalue weighted by Crippen LogP contribution is 2.23. The molecule has 2 aromatic rings. The molecule has 1 heterocycles. The highest BCUT2D eigenvalue weighted by atomic mass is 16.2. The van der Waals surface area contributed by atoms with Crippen LogP contribution in [0.25, 0.3) is 5.69 Å². The largest absolute Gasteiger partial charge is 0.333 e. The number of carbonyl (C=O) groups excluding carboxylic acids is 1. The minimum atomic E-state index is -0.570. The summed E-state index contributed by atoms with van der Waals surface area (Å²) in [5.74, 6) is -0.360. The van der Waals surface area contributed by atoms with Crippen LogP contribution >= 0.6 is 0 Å². The molecule has 5 heteroatoms. The predicted molar refractivity (Wildman–Crippen MR) is 74.7 cm³/mol. The van der Waals surface area contributed by atoms with Gasteiger partial charge in [0, 0.05) is 6.20 Å². The molecule has 0 bridgehead atoms. The predicted octanol–water partition coefficient (Wildman–Crippen LogP) is 1.22. The topological polar surface area (TPSA) is 71.9 Å². The lowest BCUT2D eigenvalue weighted by Gasteiger charge is -2.08. The summed E-state index contributed by atoms with van der Waals surface area (Å²) in [6.07, 6.45) is 4.27. The molecule has 0 spiro atoms. The van der Waals surface area contributed by atoms with Gasteiger partial charge in [-0.1, -0.05) is 6.07 Å². The first-order chi connectivity index (χ1) is 9.58. The number of hydrogen-bond donors (Lipinski definition) is 1. The minimum Gasteiger partial charge on any atom is -0.313 e. The number of ketones is 1. The van der Waals surface area contributed by atoms with E-state index in [2.05, 4.69) is 4.98 Å². The SMILES string of the molecule is CC(=O)c1c[nH]c(=O)n(-c2ccc3c(c2)CCC3)c1=O. The van der Waals surface area contributed by atoms with Crippen molar-refractivity contribution in [1.29, 1.82) is 0 Å². The average Bonchev–Trinajstić information content (AvgIpc) is 2.85. The molecule has 1 aromatic carbocycles. The first kappa shape index (κ1) is 12.6. The number of carbonyl (C=O) groups is 1. The van der Waals surface area contributed by atoms with E-state index in [9.17, 15) is 14.4 Å². The molecular formula is C15H14N2O3. The van der Waals surface area contributed by atoms with Crippen molar-refractivity contribution in [2.24, 2.45) is 0 Å². The lowest BCUT2D eigenvalue weighted by molar-refractivity contribution is 0.101. The fourth-order valence-electron chi connectivity index (χ4n) is 2.66. The van der Waals surface area contributed by atoms with Crippen molar-refractivity contribution >= 4 is 5.78 Å². The molecule has 1 aliphatic rings. The van der Waals surface area contributed by atoms with Gasteiger partial charge in [0.15, 0.2) is 5.78 Å². The molecule has 0 unspecified atom stereocenters. The summed E-state index contributed by atoms with van der Waals surface area (Å²) in [6, 6.07) is 5.57. The van der Waals surface area contributed by atoms with Gasteiger partial charge in [0.1, 0.15) is 0 Å². The van der Waals surface area contributed by atoms with E-state index in [1.165, 1.54) is 24.2 Å². The molecule has 0 radical (unpaired) electrons. The molecule has 20 heavy (non-hydrogen) atoms. The van der Waals surface area contributed by atoms with Crippen LogP contribution in [0.3, 0.4) is 0 Å². The number of benzene rings is 1. The molecule has 0 saturated heterocycles. The van der Waals surface area contributed by atoms with Crippen molar-refractivity contribution in [2.75, 3.05) is 0 Å². The van der Waals surface area contributed by atoms with E-state index in [1.807, 2.05) is 12.1 Å². The summed E-state index contributed by atoms with van der Waals surface area (Å²) < 4.78 is 1.02. The van der Waals surface area contributed by atoms with E-state index in [-0.39, 0.29) is 11.3 Å². The molecule has 0 fully saturated rings. The maximum absolute atomic E-state index is 12.3. The minimum absolute atomic E-state index is 0.00917. The molecule has 1 N–H and O–H groups in total. The maximum Gasteiger partial charge on any atom is 0.333 e. The van der Waals surface area contributed by atoms with E-state index < -0.39 is 11.2 Å². The van der Waals surface area contributed by atoms with Gasteiger partial charge in [0.2, 0.25) is 0 Å². The van der Waals surface area contributed by atoms with Gasteiger partial charge in [0.05, 0.1) is 11.3 Å². The Hall–Kier alpha value is -2.43. The lowest BCUT2D eigenvalue weighted by Crippen LogP contribution is -2.36.